The predicted octanol–water partition coefficient (Wildman–Crippen LogP) is 1.24. The zero-order valence-corrected chi connectivity index (χ0v) is 7.83. The summed E-state index contributed by atoms with van der Waals surface area (Å²) in [5.41, 5.74) is 0. The zero-order chi connectivity index (χ0) is 9.26. The van der Waals surface area contributed by atoms with Gasteiger partial charge in [0.15, 0.2) is 0 Å². The number of nitrogens with one attached hydrogen (secondary N) is 1. The van der Waals surface area contributed by atoms with Crippen LogP contribution in [0.3, 0.4) is 0 Å². The summed E-state index contributed by atoms with van der Waals surface area (Å²) in [5, 5.41) is 12.1. The topological polar surface area (TPSA) is 49.3 Å². The molecule has 1 saturated heterocycles. The molecule has 2 fully saturated rings. The Bertz CT molecular complexity index is 203. The first-order valence-electron chi connectivity index (χ1n) is 5.25. The molecule has 0 aromatic heterocycles. The Hall–Kier alpha value is -0.570. The van der Waals surface area contributed by atoms with Crippen molar-refractivity contribution in [1.82, 2.24) is 5.32 Å². The van der Waals surface area contributed by atoms with Crippen LogP contribution in [0.4, 0.5) is 0 Å². The largest absolute Gasteiger partial charge is 0.480 e. The summed E-state index contributed by atoms with van der Waals surface area (Å²) in [4.78, 5) is 10.9. The molecule has 2 rings (SSSR count). The van der Waals surface area contributed by atoms with E-state index in [1.165, 1.54) is 25.7 Å². The summed E-state index contributed by atoms with van der Waals surface area (Å²) < 4.78 is 0. The fourth-order valence-electron chi connectivity index (χ4n) is 2.88. The SMILES string of the molecule is O=C(O)[C@@H]1NCC[C@H]2CCCC[C@H]21. The summed E-state index contributed by atoms with van der Waals surface area (Å²) in [6.45, 7) is 0.887. The Kier molecular flexibility index (Phi) is 2.54. The zero-order valence-electron chi connectivity index (χ0n) is 7.83. The molecule has 0 spiro atoms. The second kappa shape index (κ2) is 3.66. The molecule has 3 heteroatoms. The van der Waals surface area contributed by atoms with Gasteiger partial charge in [-0.2, -0.15) is 0 Å². The molecule has 0 aromatic rings. The third kappa shape index (κ3) is 1.70. The molecule has 1 aliphatic heterocycles. The van der Waals surface area contributed by atoms with E-state index in [1.807, 2.05) is 0 Å². The fraction of sp³-hybridized carbons (Fsp3) is 0.900. The standard InChI is InChI=1S/C10H17NO2/c12-10(13)9-8-4-2-1-3-7(8)5-6-11-9/h7-9,11H,1-6H2,(H,12,13)/t7-,8-,9-/m1/s1. The van der Waals surface area contributed by atoms with Crippen LogP contribution in [0.2, 0.25) is 0 Å². The fourth-order valence-corrected chi connectivity index (χ4v) is 2.88. The van der Waals surface area contributed by atoms with Crippen LogP contribution in [0.1, 0.15) is 32.1 Å². The minimum Gasteiger partial charge on any atom is -0.480 e. The van der Waals surface area contributed by atoms with Crippen molar-refractivity contribution in [3.05, 3.63) is 0 Å². The van der Waals surface area contributed by atoms with Gasteiger partial charge in [0.05, 0.1) is 0 Å². The van der Waals surface area contributed by atoms with Gasteiger partial charge in [-0.3, -0.25) is 4.79 Å². The van der Waals surface area contributed by atoms with E-state index >= 15 is 0 Å². The molecule has 3 nitrogen and oxygen atoms in total. The van der Waals surface area contributed by atoms with E-state index < -0.39 is 5.97 Å². The lowest BCUT2D eigenvalue weighted by atomic mass is 9.72. The number of fused-ring (bicyclic) bond motifs is 1. The molecule has 1 saturated carbocycles. The summed E-state index contributed by atoms with van der Waals surface area (Å²) in [5.74, 6) is 0.424. The Morgan fingerprint density at radius 2 is 2.00 bits per heavy atom. The maximum absolute atomic E-state index is 10.9. The van der Waals surface area contributed by atoms with Crippen molar-refractivity contribution < 1.29 is 9.90 Å². The first-order chi connectivity index (χ1) is 6.29. The second-order valence-electron chi connectivity index (χ2n) is 4.27. The van der Waals surface area contributed by atoms with Gasteiger partial charge >= 0.3 is 5.97 Å². The molecular weight excluding hydrogens is 166 g/mol. The second-order valence-corrected chi connectivity index (χ2v) is 4.27. The highest BCUT2D eigenvalue weighted by Crippen LogP contribution is 2.36. The lowest BCUT2D eigenvalue weighted by Crippen LogP contribution is -2.51. The maximum Gasteiger partial charge on any atom is 0.320 e. The van der Waals surface area contributed by atoms with Crippen molar-refractivity contribution in [2.75, 3.05) is 6.54 Å². The van der Waals surface area contributed by atoms with E-state index in [9.17, 15) is 4.79 Å². The Labute approximate surface area is 78.5 Å². The third-order valence-electron chi connectivity index (χ3n) is 3.54. The average molecular weight is 183 g/mol. The lowest BCUT2D eigenvalue weighted by Gasteiger charge is -2.39. The summed E-state index contributed by atoms with van der Waals surface area (Å²) in [6, 6.07) is -0.265. The van der Waals surface area contributed by atoms with Gasteiger partial charge in [0, 0.05) is 0 Å². The van der Waals surface area contributed by atoms with Crippen molar-refractivity contribution in [2.45, 2.75) is 38.1 Å². The van der Waals surface area contributed by atoms with Crippen LogP contribution in [-0.2, 0) is 4.79 Å². The van der Waals surface area contributed by atoms with E-state index in [0.29, 0.717) is 11.8 Å². The van der Waals surface area contributed by atoms with Crippen LogP contribution in [0.15, 0.2) is 0 Å². The van der Waals surface area contributed by atoms with Crippen LogP contribution in [-0.4, -0.2) is 23.7 Å². The van der Waals surface area contributed by atoms with Crippen molar-refractivity contribution in [1.29, 1.82) is 0 Å². The average Bonchev–Trinajstić information content (AvgIpc) is 2.17. The number of carboxylic acid groups (broad SMARTS) is 1. The van der Waals surface area contributed by atoms with Crippen molar-refractivity contribution in [3.8, 4) is 0 Å². The summed E-state index contributed by atoms with van der Waals surface area (Å²) in [6.07, 6.45) is 6.04. The van der Waals surface area contributed by atoms with Gasteiger partial charge in [0.25, 0.3) is 0 Å². The summed E-state index contributed by atoms with van der Waals surface area (Å²) in [7, 11) is 0. The molecule has 74 valence electrons. The maximum atomic E-state index is 10.9. The van der Waals surface area contributed by atoms with Gasteiger partial charge in [-0.25, -0.2) is 0 Å². The molecule has 1 aliphatic carbocycles. The molecule has 3 atom stereocenters. The van der Waals surface area contributed by atoms with Crippen molar-refractivity contribution in [3.63, 3.8) is 0 Å². The monoisotopic (exact) mass is 183 g/mol. The predicted molar refractivity (Wildman–Crippen MR) is 49.5 cm³/mol. The van der Waals surface area contributed by atoms with E-state index in [0.717, 1.165) is 13.0 Å². The highest BCUT2D eigenvalue weighted by Gasteiger charge is 2.38. The van der Waals surface area contributed by atoms with Crippen LogP contribution < -0.4 is 5.32 Å². The quantitative estimate of drug-likeness (QED) is 0.643. The number of rotatable bonds is 1. The van der Waals surface area contributed by atoms with Gasteiger partial charge < -0.3 is 10.4 Å². The molecule has 0 amide bonds. The van der Waals surface area contributed by atoms with Crippen LogP contribution in [0, 0.1) is 11.8 Å². The minimum absolute atomic E-state index is 0.265. The van der Waals surface area contributed by atoms with Gasteiger partial charge in [-0.1, -0.05) is 19.3 Å². The number of carbonyl (C=O) groups is 1. The summed E-state index contributed by atoms with van der Waals surface area (Å²) >= 11 is 0. The molecule has 0 unspecified atom stereocenters. The molecule has 13 heavy (non-hydrogen) atoms. The van der Waals surface area contributed by atoms with Crippen molar-refractivity contribution in [2.24, 2.45) is 11.8 Å². The first-order valence-corrected chi connectivity index (χ1v) is 5.25. The van der Waals surface area contributed by atoms with Gasteiger partial charge in [-0.05, 0) is 31.2 Å². The minimum atomic E-state index is -0.656. The molecule has 0 aromatic carbocycles. The Morgan fingerprint density at radius 1 is 1.23 bits per heavy atom. The molecule has 0 radical (unpaired) electrons. The van der Waals surface area contributed by atoms with E-state index in [-0.39, 0.29) is 6.04 Å². The Balaban J connectivity index is 2.06. The molecule has 2 N–H and O–H groups in total. The number of hydrogen-bond acceptors (Lipinski definition) is 2. The molecule has 1 heterocycles. The number of piperidine rings is 1. The van der Waals surface area contributed by atoms with Gasteiger partial charge in [0.2, 0.25) is 0 Å². The van der Waals surface area contributed by atoms with E-state index in [2.05, 4.69) is 5.32 Å². The van der Waals surface area contributed by atoms with E-state index in [1.54, 1.807) is 0 Å². The van der Waals surface area contributed by atoms with Crippen LogP contribution >= 0.6 is 0 Å². The van der Waals surface area contributed by atoms with Crippen LogP contribution in [0.5, 0.6) is 0 Å². The smallest absolute Gasteiger partial charge is 0.320 e. The highest BCUT2D eigenvalue weighted by molar-refractivity contribution is 5.74. The molecular formula is C10H17NO2. The molecule has 2 aliphatic rings. The van der Waals surface area contributed by atoms with Crippen molar-refractivity contribution >= 4 is 5.97 Å². The van der Waals surface area contributed by atoms with Gasteiger partial charge in [-0.15, -0.1) is 0 Å². The lowest BCUT2D eigenvalue weighted by molar-refractivity contribution is -0.143. The normalized spacial score (nSPS) is 39.5. The number of hydrogen-bond donors (Lipinski definition) is 2. The van der Waals surface area contributed by atoms with E-state index in [4.69, 9.17) is 5.11 Å². The van der Waals surface area contributed by atoms with Gasteiger partial charge in [0.1, 0.15) is 6.04 Å². The number of carboxylic acids is 1. The highest BCUT2D eigenvalue weighted by atomic mass is 16.4. The third-order valence-corrected chi connectivity index (χ3v) is 3.54. The first kappa shape index (κ1) is 9.00. The Morgan fingerprint density at radius 3 is 2.77 bits per heavy atom. The van der Waals surface area contributed by atoms with Crippen LogP contribution in [0.25, 0.3) is 0 Å². The number of aliphatic carboxylic acids is 1. The molecule has 0 bridgehead atoms.